The summed E-state index contributed by atoms with van der Waals surface area (Å²) in [7, 11) is 0. The van der Waals surface area contributed by atoms with Gasteiger partial charge in [-0.3, -0.25) is 4.98 Å². The van der Waals surface area contributed by atoms with Crippen LogP contribution in [0, 0.1) is 26.6 Å². The van der Waals surface area contributed by atoms with Crippen LogP contribution in [0.25, 0.3) is 22.4 Å². The van der Waals surface area contributed by atoms with E-state index < -0.39 is 5.82 Å². The largest absolute Gasteiger partial charge is 0.381 e. The van der Waals surface area contributed by atoms with Gasteiger partial charge in [-0.1, -0.05) is 17.7 Å². The fraction of sp³-hybridized carbons (Fsp3) is 0.320. The normalized spacial score (nSPS) is 14.1. The van der Waals surface area contributed by atoms with Crippen molar-refractivity contribution in [3.05, 3.63) is 76.3 Å². The molecule has 0 spiro atoms. The van der Waals surface area contributed by atoms with Crippen molar-refractivity contribution < 1.29 is 9.13 Å². The minimum Gasteiger partial charge on any atom is -0.381 e. The number of aromatic nitrogens is 5. The summed E-state index contributed by atoms with van der Waals surface area (Å²) in [6.07, 6.45) is 3.47. The first-order chi connectivity index (χ1) is 15.9. The molecule has 0 bridgehead atoms. The van der Waals surface area contributed by atoms with E-state index in [0.717, 1.165) is 29.9 Å². The summed E-state index contributed by atoms with van der Waals surface area (Å²) in [5.74, 6) is 0.406. The summed E-state index contributed by atoms with van der Waals surface area (Å²) in [6, 6.07) is 10.4. The van der Waals surface area contributed by atoms with Crippen molar-refractivity contribution in [1.29, 1.82) is 0 Å². The zero-order valence-corrected chi connectivity index (χ0v) is 19.6. The van der Waals surface area contributed by atoms with Crippen LogP contribution in [0.1, 0.15) is 41.7 Å². The van der Waals surface area contributed by atoms with E-state index in [1.54, 1.807) is 18.3 Å². The second-order valence-corrected chi connectivity index (χ2v) is 8.42. The van der Waals surface area contributed by atoms with Crippen molar-refractivity contribution in [1.82, 2.24) is 24.9 Å². The number of fused-ring (bicyclic) bond motifs is 1. The SMILES string of the molecule is Cc1ccccn1.Cc1nc2nc(C3CCOCC3)nc(-c3ccc(Cl)cc3F)c2nc1C. The van der Waals surface area contributed by atoms with Gasteiger partial charge in [0.15, 0.2) is 5.65 Å². The third kappa shape index (κ3) is 5.49. The quantitative estimate of drug-likeness (QED) is 0.373. The van der Waals surface area contributed by atoms with Crippen LogP contribution >= 0.6 is 11.6 Å². The molecule has 0 N–H and O–H groups in total. The maximum absolute atomic E-state index is 14.6. The molecule has 1 aromatic carbocycles. The first-order valence-corrected chi connectivity index (χ1v) is 11.2. The fourth-order valence-corrected chi connectivity index (χ4v) is 3.74. The Morgan fingerprint density at radius 3 is 2.33 bits per heavy atom. The van der Waals surface area contributed by atoms with Gasteiger partial charge < -0.3 is 4.74 Å². The van der Waals surface area contributed by atoms with E-state index >= 15 is 0 Å². The average Bonchev–Trinajstić information content (AvgIpc) is 2.81. The van der Waals surface area contributed by atoms with Gasteiger partial charge in [0.1, 0.15) is 22.9 Å². The molecule has 170 valence electrons. The third-order valence-electron chi connectivity index (χ3n) is 5.55. The summed E-state index contributed by atoms with van der Waals surface area (Å²) in [4.78, 5) is 22.5. The summed E-state index contributed by atoms with van der Waals surface area (Å²) in [5, 5.41) is 0.340. The highest BCUT2D eigenvalue weighted by atomic mass is 35.5. The molecule has 4 heterocycles. The molecule has 1 aliphatic rings. The zero-order chi connectivity index (χ0) is 23.4. The predicted molar refractivity (Wildman–Crippen MR) is 127 cm³/mol. The summed E-state index contributed by atoms with van der Waals surface area (Å²) in [5.41, 5.74) is 4.46. The lowest BCUT2D eigenvalue weighted by atomic mass is 9.99. The van der Waals surface area contributed by atoms with Gasteiger partial charge >= 0.3 is 0 Å². The second kappa shape index (κ2) is 10.3. The number of hydrogen-bond donors (Lipinski definition) is 0. The maximum atomic E-state index is 14.6. The van der Waals surface area contributed by atoms with E-state index in [4.69, 9.17) is 21.3 Å². The molecule has 1 fully saturated rings. The van der Waals surface area contributed by atoms with Gasteiger partial charge in [0.05, 0.1) is 11.4 Å². The number of ether oxygens (including phenoxy) is 1. The number of nitrogens with zero attached hydrogens (tertiary/aromatic N) is 5. The molecule has 0 atom stereocenters. The molecule has 0 radical (unpaired) electrons. The van der Waals surface area contributed by atoms with Crippen molar-refractivity contribution in [2.75, 3.05) is 13.2 Å². The number of pyridine rings is 1. The van der Waals surface area contributed by atoms with Gasteiger partial charge in [-0.15, -0.1) is 0 Å². The Balaban J connectivity index is 0.000000318. The van der Waals surface area contributed by atoms with E-state index in [-0.39, 0.29) is 5.92 Å². The van der Waals surface area contributed by atoms with Crippen molar-refractivity contribution in [3.63, 3.8) is 0 Å². The highest BCUT2D eigenvalue weighted by Crippen LogP contribution is 2.32. The first kappa shape index (κ1) is 23.1. The lowest BCUT2D eigenvalue weighted by Gasteiger charge is -2.21. The number of benzene rings is 1. The molecule has 0 amide bonds. The molecule has 0 aliphatic carbocycles. The van der Waals surface area contributed by atoms with E-state index in [1.165, 1.54) is 6.07 Å². The lowest BCUT2D eigenvalue weighted by molar-refractivity contribution is 0.0836. The van der Waals surface area contributed by atoms with Gasteiger partial charge in [-0.05, 0) is 63.9 Å². The van der Waals surface area contributed by atoms with E-state index in [9.17, 15) is 4.39 Å². The number of rotatable bonds is 2. The molecular formula is C25H25ClFN5O. The number of halogens is 2. The molecule has 0 saturated carbocycles. The Bertz CT molecular complexity index is 1260. The molecule has 3 aromatic heterocycles. The molecule has 1 aliphatic heterocycles. The van der Waals surface area contributed by atoms with Crippen molar-refractivity contribution in [2.45, 2.75) is 39.5 Å². The molecule has 4 aromatic rings. The zero-order valence-electron chi connectivity index (χ0n) is 18.8. The highest BCUT2D eigenvalue weighted by molar-refractivity contribution is 6.30. The Hall–Kier alpha value is -3.03. The lowest BCUT2D eigenvalue weighted by Crippen LogP contribution is -2.17. The van der Waals surface area contributed by atoms with Gasteiger partial charge in [0.25, 0.3) is 0 Å². The molecule has 5 rings (SSSR count). The first-order valence-electron chi connectivity index (χ1n) is 10.9. The Morgan fingerprint density at radius 2 is 1.70 bits per heavy atom. The van der Waals surface area contributed by atoms with Crippen LogP contribution in [0.5, 0.6) is 0 Å². The van der Waals surface area contributed by atoms with Crippen LogP contribution in [0.4, 0.5) is 4.39 Å². The van der Waals surface area contributed by atoms with Crippen LogP contribution in [0.15, 0.2) is 42.6 Å². The van der Waals surface area contributed by atoms with Gasteiger partial charge in [0.2, 0.25) is 0 Å². The molecule has 1 saturated heterocycles. The van der Waals surface area contributed by atoms with Crippen LogP contribution in [-0.4, -0.2) is 38.1 Å². The average molecular weight is 466 g/mol. The fourth-order valence-electron chi connectivity index (χ4n) is 3.58. The number of hydrogen-bond acceptors (Lipinski definition) is 6. The molecule has 33 heavy (non-hydrogen) atoms. The molecular weight excluding hydrogens is 441 g/mol. The second-order valence-electron chi connectivity index (χ2n) is 7.98. The van der Waals surface area contributed by atoms with Crippen LogP contribution in [0.3, 0.4) is 0 Å². The van der Waals surface area contributed by atoms with Gasteiger partial charge in [0, 0.05) is 41.6 Å². The van der Waals surface area contributed by atoms with Crippen molar-refractivity contribution in [3.8, 4) is 11.3 Å². The maximum Gasteiger partial charge on any atom is 0.182 e. The van der Waals surface area contributed by atoms with Crippen molar-refractivity contribution >= 4 is 22.8 Å². The van der Waals surface area contributed by atoms with Gasteiger partial charge in [-0.25, -0.2) is 24.3 Å². The summed E-state index contributed by atoms with van der Waals surface area (Å²) < 4.78 is 20.0. The highest BCUT2D eigenvalue weighted by Gasteiger charge is 2.23. The monoisotopic (exact) mass is 465 g/mol. The third-order valence-corrected chi connectivity index (χ3v) is 5.78. The van der Waals surface area contributed by atoms with Gasteiger partial charge in [-0.2, -0.15) is 0 Å². The van der Waals surface area contributed by atoms with E-state index in [0.29, 0.717) is 46.5 Å². The predicted octanol–water partition coefficient (Wildman–Crippen LogP) is 5.78. The summed E-state index contributed by atoms with van der Waals surface area (Å²) in [6.45, 7) is 7.08. The summed E-state index contributed by atoms with van der Waals surface area (Å²) >= 11 is 5.91. The van der Waals surface area contributed by atoms with E-state index in [2.05, 4.69) is 19.9 Å². The Labute approximate surface area is 197 Å². The van der Waals surface area contributed by atoms with Crippen LogP contribution in [-0.2, 0) is 4.74 Å². The van der Waals surface area contributed by atoms with Crippen LogP contribution < -0.4 is 0 Å². The smallest absolute Gasteiger partial charge is 0.182 e. The topological polar surface area (TPSA) is 73.7 Å². The molecule has 6 nitrogen and oxygen atoms in total. The molecule has 0 unspecified atom stereocenters. The standard InChI is InChI=1S/C19H18ClFN4O.C6H7N/c1-10-11(2)23-19-17(22-10)16(14-4-3-13(20)9-15(14)21)24-18(25-19)12-5-7-26-8-6-12;1-6-4-2-3-5-7-6/h3-4,9,12H,5-8H2,1-2H3;2-5H,1H3. The Kier molecular flexibility index (Phi) is 7.20. The minimum absolute atomic E-state index is 0.172. The Morgan fingerprint density at radius 1 is 0.939 bits per heavy atom. The van der Waals surface area contributed by atoms with Crippen LogP contribution in [0.2, 0.25) is 5.02 Å². The minimum atomic E-state index is -0.435. The number of aryl methyl sites for hydroxylation is 3. The van der Waals surface area contributed by atoms with E-state index in [1.807, 2.05) is 39.0 Å². The molecule has 8 heteroatoms. The van der Waals surface area contributed by atoms with Crippen molar-refractivity contribution in [2.24, 2.45) is 0 Å².